The summed E-state index contributed by atoms with van der Waals surface area (Å²) in [5, 5.41) is 18.0. The quantitative estimate of drug-likeness (QED) is 0.682. The smallest absolute Gasteiger partial charge is 0.0954 e. The van der Waals surface area contributed by atoms with E-state index >= 15 is 0 Å². The van der Waals surface area contributed by atoms with Gasteiger partial charge in [-0.05, 0) is 32.1 Å². The number of aliphatic hydroxyl groups is 1. The molecule has 2 rings (SSSR count). The highest BCUT2D eigenvalue weighted by molar-refractivity contribution is 5.06. The van der Waals surface area contributed by atoms with Gasteiger partial charge in [-0.3, -0.25) is 4.90 Å². The van der Waals surface area contributed by atoms with Crippen molar-refractivity contribution < 1.29 is 5.11 Å². The minimum atomic E-state index is 0.0223. The average molecular weight is 180 g/mol. The van der Waals surface area contributed by atoms with Crippen LogP contribution >= 0.6 is 0 Å². The summed E-state index contributed by atoms with van der Waals surface area (Å²) in [5.74, 6) is 0.426. The van der Waals surface area contributed by atoms with Gasteiger partial charge in [-0.15, -0.1) is 0 Å². The largest absolute Gasteiger partial charge is 0.396 e. The summed E-state index contributed by atoms with van der Waals surface area (Å²) in [6.45, 7) is 2.25. The lowest BCUT2D eigenvalue weighted by Gasteiger charge is -2.25. The number of hydrogen-bond donors (Lipinski definition) is 1. The molecule has 3 nitrogen and oxygen atoms in total. The molecule has 0 aliphatic carbocycles. The Morgan fingerprint density at radius 1 is 1.62 bits per heavy atom. The van der Waals surface area contributed by atoms with Crippen LogP contribution in [-0.2, 0) is 0 Å². The maximum absolute atomic E-state index is 9.15. The summed E-state index contributed by atoms with van der Waals surface area (Å²) in [6.07, 6.45) is 3.47. The lowest BCUT2D eigenvalue weighted by atomic mass is 9.90. The van der Waals surface area contributed by atoms with Gasteiger partial charge in [0.2, 0.25) is 0 Å². The first kappa shape index (κ1) is 8.98. The van der Waals surface area contributed by atoms with Gasteiger partial charge in [-0.1, -0.05) is 0 Å². The number of aliphatic hydroxyl groups excluding tert-OH is 1. The van der Waals surface area contributed by atoms with E-state index in [9.17, 15) is 0 Å². The molecule has 4 unspecified atom stereocenters. The Labute approximate surface area is 79.0 Å². The monoisotopic (exact) mass is 180 g/mol. The zero-order chi connectivity index (χ0) is 9.42. The highest BCUT2D eigenvalue weighted by atomic mass is 16.3. The molecular weight excluding hydrogens is 164 g/mol. The third kappa shape index (κ3) is 1.25. The number of nitrogens with zero attached hydrogens (tertiary/aromatic N) is 2. The minimum absolute atomic E-state index is 0.0223. The van der Waals surface area contributed by atoms with Gasteiger partial charge in [0.05, 0.1) is 12.1 Å². The average Bonchev–Trinajstić information content (AvgIpc) is 2.72. The number of rotatable bonds is 2. The van der Waals surface area contributed by atoms with Crippen molar-refractivity contribution in [3.8, 4) is 6.07 Å². The van der Waals surface area contributed by atoms with Crippen molar-refractivity contribution in [2.24, 2.45) is 5.92 Å². The Hall–Kier alpha value is -0.590. The van der Waals surface area contributed by atoms with Crippen molar-refractivity contribution >= 4 is 0 Å². The summed E-state index contributed by atoms with van der Waals surface area (Å²) in [5.41, 5.74) is 0. The van der Waals surface area contributed by atoms with Gasteiger partial charge in [-0.25, -0.2) is 0 Å². The number of nitriles is 1. The third-order valence-corrected chi connectivity index (χ3v) is 3.59. The Kier molecular flexibility index (Phi) is 2.27. The third-order valence-electron chi connectivity index (χ3n) is 3.59. The zero-order valence-electron chi connectivity index (χ0n) is 7.98. The second-order valence-corrected chi connectivity index (χ2v) is 4.23. The summed E-state index contributed by atoms with van der Waals surface area (Å²) in [7, 11) is 0. The maximum atomic E-state index is 9.15. The second-order valence-electron chi connectivity index (χ2n) is 4.23. The molecule has 2 aliphatic heterocycles. The van der Waals surface area contributed by atoms with Crippen molar-refractivity contribution in [2.75, 3.05) is 6.61 Å². The predicted octanol–water partition coefficient (Wildman–Crippen LogP) is 0.744. The molecule has 1 N–H and O–H groups in total. The highest BCUT2D eigenvalue weighted by Gasteiger charge is 2.47. The summed E-state index contributed by atoms with van der Waals surface area (Å²) in [4.78, 5) is 2.31. The lowest BCUT2D eigenvalue weighted by molar-refractivity contribution is 0.165. The minimum Gasteiger partial charge on any atom is -0.396 e. The lowest BCUT2D eigenvalue weighted by Crippen LogP contribution is -2.37. The van der Waals surface area contributed by atoms with Crippen molar-refractivity contribution in [2.45, 2.75) is 44.3 Å². The van der Waals surface area contributed by atoms with Crippen LogP contribution in [0.3, 0.4) is 0 Å². The van der Waals surface area contributed by atoms with Crippen molar-refractivity contribution in [1.82, 2.24) is 4.90 Å². The van der Waals surface area contributed by atoms with Crippen molar-refractivity contribution in [1.29, 1.82) is 5.26 Å². The molecule has 2 saturated heterocycles. The molecule has 72 valence electrons. The van der Waals surface area contributed by atoms with E-state index in [1.54, 1.807) is 0 Å². The number of hydrogen-bond acceptors (Lipinski definition) is 3. The first-order chi connectivity index (χ1) is 6.27. The van der Waals surface area contributed by atoms with Crippen LogP contribution in [0, 0.1) is 17.2 Å². The maximum Gasteiger partial charge on any atom is 0.0954 e. The first-order valence-electron chi connectivity index (χ1n) is 5.06. The molecule has 13 heavy (non-hydrogen) atoms. The Bertz CT molecular complexity index is 236. The zero-order valence-corrected chi connectivity index (χ0v) is 7.98. The SMILES string of the molecule is CC(C#N)N1C2CCC1C(CO)C2. The van der Waals surface area contributed by atoms with Crippen LogP contribution in [0.4, 0.5) is 0 Å². The normalized spacial score (nSPS) is 40.5. The molecule has 0 saturated carbocycles. The van der Waals surface area contributed by atoms with Crippen LogP contribution in [0.25, 0.3) is 0 Å². The van der Waals surface area contributed by atoms with E-state index in [1.165, 1.54) is 12.8 Å². The fourth-order valence-corrected chi connectivity index (χ4v) is 3.02. The molecule has 2 aliphatic rings. The molecule has 3 heteroatoms. The fraction of sp³-hybridized carbons (Fsp3) is 0.900. The van der Waals surface area contributed by atoms with Crippen molar-refractivity contribution in [3.05, 3.63) is 0 Å². The van der Waals surface area contributed by atoms with Crippen molar-refractivity contribution in [3.63, 3.8) is 0 Å². The van der Waals surface area contributed by atoms with Gasteiger partial charge in [0.25, 0.3) is 0 Å². The van der Waals surface area contributed by atoms with Crippen LogP contribution in [0.2, 0.25) is 0 Å². The van der Waals surface area contributed by atoms with Crippen LogP contribution < -0.4 is 0 Å². The van der Waals surface area contributed by atoms with Crippen LogP contribution in [0.1, 0.15) is 26.2 Å². The second kappa shape index (κ2) is 3.28. The molecule has 0 aromatic carbocycles. The van der Waals surface area contributed by atoms with E-state index < -0.39 is 0 Å². The molecule has 0 aromatic rings. The molecule has 0 spiro atoms. The number of fused-ring (bicyclic) bond motifs is 2. The van der Waals surface area contributed by atoms with E-state index in [1.807, 2.05) is 6.92 Å². The molecule has 2 heterocycles. The van der Waals surface area contributed by atoms with Gasteiger partial charge in [-0.2, -0.15) is 5.26 Å². The standard InChI is InChI=1S/C10H16N2O/c1-7(5-11)12-9-2-3-10(12)8(4-9)6-13/h7-10,13H,2-4,6H2,1H3. The van der Waals surface area contributed by atoms with E-state index in [4.69, 9.17) is 10.4 Å². The molecule has 0 radical (unpaired) electrons. The Morgan fingerprint density at radius 3 is 2.92 bits per heavy atom. The van der Waals surface area contributed by atoms with E-state index in [0.29, 0.717) is 18.0 Å². The summed E-state index contributed by atoms with van der Waals surface area (Å²) < 4.78 is 0. The van der Waals surface area contributed by atoms with E-state index in [2.05, 4.69) is 11.0 Å². The predicted molar refractivity (Wildman–Crippen MR) is 48.9 cm³/mol. The summed E-state index contributed by atoms with van der Waals surface area (Å²) >= 11 is 0. The fourth-order valence-electron chi connectivity index (χ4n) is 3.02. The van der Waals surface area contributed by atoms with Crippen LogP contribution in [0.15, 0.2) is 0 Å². The molecular formula is C10H16N2O. The molecule has 0 aromatic heterocycles. The van der Waals surface area contributed by atoms with Gasteiger partial charge < -0.3 is 5.11 Å². The van der Waals surface area contributed by atoms with E-state index in [-0.39, 0.29) is 12.6 Å². The topological polar surface area (TPSA) is 47.3 Å². The molecule has 0 amide bonds. The Morgan fingerprint density at radius 2 is 2.38 bits per heavy atom. The van der Waals surface area contributed by atoms with Gasteiger partial charge >= 0.3 is 0 Å². The first-order valence-corrected chi connectivity index (χ1v) is 5.06. The molecule has 2 fully saturated rings. The van der Waals surface area contributed by atoms with Crippen LogP contribution in [-0.4, -0.2) is 34.7 Å². The summed E-state index contributed by atoms with van der Waals surface area (Å²) in [6, 6.07) is 3.36. The van der Waals surface area contributed by atoms with Gasteiger partial charge in [0.1, 0.15) is 0 Å². The molecule has 2 bridgehead atoms. The van der Waals surface area contributed by atoms with Crippen LogP contribution in [0.5, 0.6) is 0 Å². The highest BCUT2D eigenvalue weighted by Crippen LogP contribution is 2.42. The Balaban J connectivity index is 2.11. The van der Waals surface area contributed by atoms with E-state index in [0.717, 1.165) is 6.42 Å². The molecule has 4 atom stereocenters. The van der Waals surface area contributed by atoms with Gasteiger partial charge in [0.15, 0.2) is 0 Å². The van der Waals surface area contributed by atoms with Gasteiger partial charge in [0, 0.05) is 18.7 Å².